The fraction of sp³-hybridized carbons (Fsp3) is 0.467. The maximum Gasteiger partial charge on any atom is 0.417 e. The SMILES string of the molecule is COCCN(C)c1c(C)nc([C@@H]2O[C@@](C)(C(F)(F)F)[C@@H](C)[C@H]2c2ccc(F)c(F)c2OC)nc1OCc1ccccc1. The number of nitrogens with zero attached hydrogens (tertiary/aromatic N) is 3. The van der Waals surface area contributed by atoms with Gasteiger partial charge in [0.2, 0.25) is 11.7 Å². The molecule has 1 fully saturated rings. The zero-order chi connectivity index (χ0) is 30.8. The molecule has 1 aliphatic heterocycles. The van der Waals surface area contributed by atoms with E-state index in [9.17, 15) is 22.0 Å². The summed E-state index contributed by atoms with van der Waals surface area (Å²) in [5, 5.41) is 0. The predicted molar refractivity (Wildman–Crippen MR) is 146 cm³/mol. The van der Waals surface area contributed by atoms with Crippen molar-refractivity contribution in [2.75, 3.05) is 39.3 Å². The van der Waals surface area contributed by atoms with Crippen molar-refractivity contribution in [3.05, 3.63) is 76.7 Å². The number of benzene rings is 2. The average Bonchev–Trinajstić information content (AvgIpc) is 3.23. The smallest absolute Gasteiger partial charge is 0.417 e. The minimum Gasteiger partial charge on any atom is -0.493 e. The lowest BCUT2D eigenvalue weighted by atomic mass is 9.77. The Morgan fingerprint density at radius 3 is 2.36 bits per heavy atom. The molecule has 0 bridgehead atoms. The molecule has 0 spiro atoms. The van der Waals surface area contributed by atoms with E-state index in [2.05, 4.69) is 9.97 Å². The summed E-state index contributed by atoms with van der Waals surface area (Å²) in [5.41, 5.74) is -0.848. The molecule has 4 atom stereocenters. The number of aromatic nitrogens is 2. The number of ether oxygens (including phenoxy) is 4. The quantitative estimate of drug-likeness (QED) is 0.247. The first kappa shape index (κ1) is 31.4. The molecule has 1 aliphatic rings. The lowest BCUT2D eigenvalue weighted by Crippen LogP contribution is -2.46. The Labute approximate surface area is 241 Å². The van der Waals surface area contributed by atoms with Crippen LogP contribution in [0, 0.1) is 24.5 Å². The van der Waals surface area contributed by atoms with Crippen LogP contribution in [0.2, 0.25) is 0 Å². The third kappa shape index (κ3) is 5.87. The van der Waals surface area contributed by atoms with Gasteiger partial charge < -0.3 is 23.8 Å². The van der Waals surface area contributed by atoms with Crippen LogP contribution in [0.5, 0.6) is 11.6 Å². The maximum atomic E-state index is 14.8. The third-order valence-corrected chi connectivity index (χ3v) is 7.84. The molecule has 42 heavy (non-hydrogen) atoms. The molecular weight excluding hydrogens is 561 g/mol. The highest BCUT2D eigenvalue weighted by atomic mass is 19.4. The van der Waals surface area contributed by atoms with Gasteiger partial charge in [-0.2, -0.15) is 22.5 Å². The summed E-state index contributed by atoms with van der Waals surface area (Å²) >= 11 is 0. The van der Waals surface area contributed by atoms with Crippen molar-refractivity contribution in [2.24, 2.45) is 5.92 Å². The number of rotatable bonds is 10. The molecule has 0 saturated carbocycles. The molecule has 3 aromatic rings. The van der Waals surface area contributed by atoms with Crippen molar-refractivity contribution in [3.8, 4) is 11.6 Å². The number of likely N-dealkylation sites (N-methyl/N-ethyl adjacent to an activating group) is 1. The first-order valence-electron chi connectivity index (χ1n) is 13.4. The fourth-order valence-electron chi connectivity index (χ4n) is 5.33. The lowest BCUT2D eigenvalue weighted by Gasteiger charge is -2.32. The summed E-state index contributed by atoms with van der Waals surface area (Å²) in [4.78, 5) is 11.0. The van der Waals surface area contributed by atoms with Gasteiger partial charge in [-0.05, 0) is 25.5 Å². The molecular formula is C30H34F5N3O4. The Morgan fingerprint density at radius 2 is 1.74 bits per heavy atom. The van der Waals surface area contributed by atoms with E-state index in [-0.39, 0.29) is 23.9 Å². The molecule has 228 valence electrons. The van der Waals surface area contributed by atoms with Crippen molar-refractivity contribution < 1.29 is 40.9 Å². The predicted octanol–water partition coefficient (Wildman–Crippen LogP) is 6.55. The first-order chi connectivity index (χ1) is 19.8. The minimum absolute atomic E-state index is 0.0103. The summed E-state index contributed by atoms with van der Waals surface area (Å²) in [6, 6.07) is 11.4. The van der Waals surface area contributed by atoms with Crippen LogP contribution < -0.4 is 14.4 Å². The van der Waals surface area contributed by atoms with Crippen LogP contribution in [0.3, 0.4) is 0 Å². The topological polar surface area (TPSA) is 65.9 Å². The molecule has 0 unspecified atom stereocenters. The lowest BCUT2D eigenvalue weighted by molar-refractivity contribution is -0.275. The largest absolute Gasteiger partial charge is 0.493 e. The molecule has 4 rings (SSSR count). The van der Waals surface area contributed by atoms with Gasteiger partial charge in [-0.3, -0.25) is 0 Å². The normalized spacial score (nSPS) is 22.3. The third-order valence-electron chi connectivity index (χ3n) is 7.84. The zero-order valence-electron chi connectivity index (χ0n) is 24.3. The second kappa shape index (κ2) is 12.4. The number of aryl methyl sites for hydroxylation is 1. The van der Waals surface area contributed by atoms with E-state index in [1.165, 1.54) is 13.0 Å². The molecule has 0 amide bonds. The monoisotopic (exact) mass is 595 g/mol. The van der Waals surface area contributed by atoms with Crippen LogP contribution in [0.15, 0.2) is 42.5 Å². The van der Waals surface area contributed by atoms with Crippen LogP contribution >= 0.6 is 0 Å². The standard InChI is InChI=1S/C30H34F5N3O4/c1-17-22(20-12-13-21(31)23(32)25(20)40-6)26(42-29(17,3)30(33,34)35)27-36-18(2)24(38(4)14-15-39-5)28(37-27)41-16-19-10-8-7-9-11-19/h7-13,17,22,26H,14-16H2,1-6H3/t17-,22-,26+,29+/m0/s1. The average molecular weight is 596 g/mol. The zero-order valence-corrected chi connectivity index (χ0v) is 24.3. The van der Waals surface area contributed by atoms with Gasteiger partial charge in [-0.25, -0.2) is 9.37 Å². The molecule has 0 N–H and O–H groups in total. The van der Waals surface area contributed by atoms with E-state index < -0.39 is 47.1 Å². The van der Waals surface area contributed by atoms with E-state index in [1.54, 1.807) is 21.1 Å². The number of alkyl halides is 3. The van der Waals surface area contributed by atoms with E-state index >= 15 is 0 Å². The second-order valence-corrected chi connectivity index (χ2v) is 10.5. The highest BCUT2D eigenvalue weighted by molar-refractivity contribution is 5.58. The van der Waals surface area contributed by atoms with E-state index in [0.29, 0.717) is 24.5 Å². The summed E-state index contributed by atoms with van der Waals surface area (Å²) < 4.78 is 94.6. The van der Waals surface area contributed by atoms with Gasteiger partial charge >= 0.3 is 6.18 Å². The van der Waals surface area contributed by atoms with Gasteiger partial charge in [0, 0.05) is 38.1 Å². The maximum absolute atomic E-state index is 14.8. The van der Waals surface area contributed by atoms with Crippen LogP contribution in [0.4, 0.5) is 27.6 Å². The van der Waals surface area contributed by atoms with Gasteiger partial charge in [-0.1, -0.05) is 43.3 Å². The highest BCUT2D eigenvalue weighted by Gasteiger charge is 2.65. The van der Waals surface area contributed by atoms with Gasteiger partial charge in [0.05, 0.1) is 19.4 Å². The van der Waals surface area contributed by atoms with Gasteiger partial charge in [-0.15, -0.1) is 0 Å². The van der Waals surface area contributed by atoms with Crippen LogP contribution in [-0.4, -0.2) is 56.2 Å². The molecule has 0 aliphatic carbocycles. The van der Waals surface area contributed by atoms with Gasteiger partial charge in [0.15, 0.2) is 23.0 Å². The van der Waals surface area contributed by atoms with E-state index in [0.717, 1.165) is 25.7 Å². The number of hydrogen-bond donors (Lipinski definition) is 0. The van der Waals surface area contributed by atoms with Crippen molar-refractivity contribution in [1.82, 2.24) is 9.97 Å². The van der Waals surface area contributed by atoms with E-state index in [1.807, 2.05) is 35.2 Å². The van der Waals surface area contributed by atoms with Crippen molar-refractivity contribution in [1.29, 1.82) is 0 Å². The molecule has 2 heterocycles. The number of halogens is 5. The van der Waals surface area contributed by atoms with Crippen molar-refractivity contribution in [3.63, 3.8) is 0 Å². The molecule has 0 radical (unpaired) electrons. The Morgan fingerprint density at radius 1 is 1.05 bits per heavy atom. The number of hydrogen-bond acceptors (Lipinski definition) is 7. The Balaban J connectivity index is 1.87. The molecule has 2 aromatic carbocycles. The Hall–Kier alpha value is -3.51. The molecule has 1 saturated heterocycles. The van der Waals surface area contributed by atoms with E-state index in [4.69, 9.17) is 18.9 Å². The Kier molecular flexibility index (Phi) is 9.27. The summed E-state index contributed by atoms with van der Waals surface area (Å²) in [6.07, 6.45) is -6.20. The van der Waals surface area contributed by atoms with Crippen molar-refractivity contribution >= 4 is 5.69 Å². The number of methoxy groups -OCH3 is 2. The summed E-state index contributed by atoms with van der Waals surface area (Å²) in [7, 11) is 4.49. The molecule has 12 heteroatoms. The minimum atomic E-state index is -4.80. The molecule has 1 aromatic heterocycles. The summed E-state index contributed by atoms with van der Waals surface area (Å²) in [5.74, 6) is -5.36. The fourth-order valence-corrected chi connectivity index (χ4v) is 5.33. The summed E-state index contributed by atoms with van der Waals surface area (Å²) in [6.45, 7) is 4.95. The van der Waals surface area contributed by atoms with Crippen LogP contribution in [0.25, 0.3) is 0 Å². The number of anilines is 1. The highest BCUT2D eigenvalue weighted by Crippen LogP contribution is 2.59. The van der Waals surface area contributed by atoms with Crippen LogP contribution in [-0.2, 0) is 16.1 Å². The molecule has 7 nitrogen and oxygen atoms in total. The van der Waals surface area contributed by atoms with Crippen molar-refractivity contribution in [2.45, 2.75) is 51.2 Å². The first-order valence-corrected chi connectivity index (χ1v) is 13.4. The second-order valence-electron chi connectivity index (χ2n) is 10.5. The van der Waals surface area contributed by atoms with Crippen LogP contribution in [0.1, 0.15) is 48.5 Å². The van der Waals surface area contributed by atoms with Gasteiger partial charge in [0.25, 0.3) is 0 Å². The Bertz CT molecular complexity index is 1390. The van der Waals surface area contributed by atoms with Gasteiger partial charge in [0.1, 0.15) is 18.4 Å².